The zero-order chi connectivity index (χ0) is 21.5. The second-order valence-corrected chi connectivity index (χ2v) is 11.0. The minimum Gasteiger partial charge on any atom is -0.334 e. The SMILES string of the molecule is CC1(CCc2ccccc2)NC(=O)N(CC(=O)N(C2CC2)C2CCS(=O)(=O)C2)C1=O. The Morgan fingerprint density at radius 3 is 2.47 bits per heavy atom. The first-order valence-electron chi connectivity index (χ1n) is 10.4. The van der Waals surface area contributed by atoms with E-state index in [9.17, 15) is 22.8 Å². The van der Waals surface area contributed by atoms with E-state index >= 15 is 0 Å². The van der Waals surface area contributed by atoms with E-state index in [0.717, 1.165) is 23.3 Å². The molecule has 2 aliphatic heterocycles. The number of carbonyl (C=O) groups is 3. The summed E-state index contributed by atoms with van der Waals surface area (Å²) in [4.78, 5) is 41.1. The summed E-state index contributed by atoms with van der Waals surface area (Å²) >= 11 is 0. The van der Waals surface area contributed by atoms with Crippen LogP contribution in [-0.4, -0.2) is 71.7 Å². The van der Waals surface area contributed by atoms with Crippen molar-refractivity contribution in [1.82, 2.24) is 15.1 Å². The van der Waals surface area contributed by atoms with E-state index in [-0.39, 0.29) is 36.0 Å². The van der Waals surface area contributed by atoms with Gasteiger partial charge in [0.1, 0.15) is 12.1 Å². The van der Waals surface area contributed by atoms with Crippen LogP contribution in [0, 0.1) is 0 Å². The number of amides is 4. The fourth-order valence-corrected chi connectivity index (χ4v) is 6.08. The first-order chi connectivity index (χ1) is 14.2. The molecule has 1 N–H and O–H groups in total. The molecule has 30 heavy (non-hydrogen) atoms. The maximum Gasteiger partial charge on any atom is 0.325 e. The Kier molecular flexibility index (Phi) is 5.34. The fraction of sp³-hybridized carbons (Fsp3) is 0.571. The van der Waals surface area contributed by atoms with E-state index in [0.29, 0.717) is 19.3 Å². The van der Waals surface area contributed by atoms with Gasteiger partial charge in [-0.05, 0) is 44.6 Å². The van der Waals surface area contributed by atoms with E-state index in [1.165, 1.54) is 0 Å². The van der Waals surface area contributed by atoms with Crippen LogP contribution in [0.1, 0.15) is 38.2 Å². The summed E-state index contributed by atoms with van der Waals surface area (Å²) in [5.74, 6) is -0.721. The lowest BCUT2D eigenvalue weighted by Crippen LogP contribution is -2.49. The number of nitrogens with one attached hydrogen (secondary N) is 1. The van der Waals surface area contributed by atoms with E-state index in [2.05, 4.69) is 5.32 Å². The third-order valence-corrected chi connectivity index (χ3v) is 7.98. The molecule has 4 rings (SSSR count). The van der Waals surface area contributed by atoms with E-state index in [4.69, 9.17) is 0 Å². The van der Waals surface area contributed by atoms with Gasteiger partial charge in [0.25, 0.3) is 5.91 Å². The number of aryl methyl sites for hydroxylation is 1. The van der Waals surface area contributed by atoms with Crippen LogP contribution in [0.15, 0.2) is 30.3 Å². The molecule has 2 heterocycles. The average molecular weight is 434 g/mol. The van der Waals surface area contributed by atoms with Crippen molar-refractivity contribution in [3.63, 3.8) is 0 Å². The number of hydrogen-bond donors (Lipinski definition) is 1. The molecule has 0 bridgehead atoms. The van der Waals surface area contributed by atoms with Crippen molar-refractivity contribution >= 4 is 27.7 Å². The third-order valence-electron chi connectivity index (χ3n) is 6.23. The number of nitrogens with zero attached hydrogens (tertiary/aromatic N) is 2. The predicted octanol–water partition coefficient (Wildman–Crippen LogP) is 1.11. The van der Waals surface area contributed by atoms with Crippen molar-refractivity contribution in [2.24, 2.45) is 0 Å². The van der Waals surface area contributed by atoms with Gasteiger partial charge in [0.15, 0.2) is 9.84 Å². The van der Waals surface area contributed by atoms with Gasteiger partial charge in [-0.1, -0.05) is 30.3 Å². The summed E-state index contributed by atoms with van der Waals surface area (Å²) in [6, 6.07) is 8.78. The molecule has 0 aromatic heterocycles. The van der Waals surface area contributed by atoms with Crippen LogP contribution in [0.25, 0.3) is 0 Å². The van der Waals surface area contributed by atoms with Gasteiger partial charge >= 0.3 is 6.03 Å². The summed E-state index contributed by atoms with van der Waals surface area (Å²) < 4.78 is 23.7. The molecular formula is C21H27N3O5S. The van der Waals surface area contributed by atoms with Gasteiger partial charge < -0.3 is 10.2 Å². The number of urea groups is 1. The molecule has 0 spiro atoms. The van der Waals surface area contributed by atoms with Crippen LogP contribution in [0.5, 0.6) is 0 Å². The zero-order valence-corrected chi connectivity index (χ0v) is 17.9. The Morgan fingerprint density at radius 1 is 1.17 bits per heavy atom. The normalized spacial score (nSPS) is 27.9. The van der Waals surface area contributed by atoms with E-state index < -0.39 is 27.3 Å². The monoisotopic (exact) mass is 433 g/mol. The Hall–Kier alpha value is -2.42. The molecule has 1 aromatic carbocycles. The molecule has 3 fully saturated rings. The highest BCUT2D eigenvalue weighted by Gasteiger charge is 2.49. The number of imide groups is 1. The molecule has 8 nitrogen and oxygen atoms in total. The highest BCUT2D eigenvalue weighted by molar-refractivity contribution is 7.91. The number of hydrogen-bond acceptors (Lipinski definition) is 5. The van der Waals surface area contributed by atoms with E-state index in [1.807, 2.05) is 30.3 Å². The quantitative estimate of drug-likeness (QED) is 0.649. The lowest BCUT2D eigenvalue weighted by molar-refractivity contribution is -0.140. The van der Waals surface area contributed by atoms with Gasteiger partial charge in [0.2, 0.25) is 5.91 Å². The van der Waals surface area contributed by atoms with E-state index in [1.54, 1.807) is 11.8 Å². The van der Waals surface area contributed by atoms with Crippen molar-refractivity contribution < 1.29 is 22.8 Å². The Bertz CT molecular complexity index is 960. The molecule has 2 atom stereocenters. The average Bonchev–Trinajstić information content (AvgIpc) is 3.43. The molecule has 1 aliphatic carbocycles. The number of sulfone groups is 1. The van der Waals surface area contributed by atoms with Crippen LogP contribution in [-0.2, 0) is 25.8 Å². The predicted molar refractivity (Wildman–Crippen MR) is 110 cm³/mol. The third kappa shape index (κ3) is 4.21. The molecule has 9 heteroatoms. The fourth-order valence-electron chi connectivity index (χ4n) is 4.37. The Morgan fingerprint density at radius 2 is 1.87 bits per heavy atom. The number of benzene rings is 1. The molecule has 1 aromatic rings. The van der Waals surface area contributed by atoms with Crippen molar-refractivity contribution in [3.8, 4) is 0 Å². The van der Waals surface area contributed by atoms with Crippen LogP contribution in [0.2, 0.25) is 0 Å². The second kappa shape index (κ2) is 7.68. The Balaban J connectivity index is 1.42. The van der Waals surface area contributed by atoms with Gasteiger partial charge in [-0.2, -0.15) is 0 Å². The summed E-state index contributed by atoms with van der Waals surface area (Å²) in [6.07, 6.45) is 3.13. The lowest BCUT2D eigenvalue weighted by Gasteiger charge is -2.29. The minimum atomic E-state index is -3.13. The Labute approximate surface area is 176 Å². The molecule has 2 unspecified atom stereocenters. The lowest BCUT2D eigenvalue weighted by atomic mass is 9.93. The minimum absolute atomic E-state index is 0.0148. The standard InChI is InChI=1S/C21H27N3O5S/c1-21(11-9-15-5-3-2-4-6-15)19(26)23(20(27)22-21)13-18(25)24(16-7-8-16)17-10-12-30(28,29)14-17/h2-6,16-17H,7-14H2,1H3,(H,22,27). The summed E-state index contributed by atoms with van der Waals surface area (Å²) in [6.45, 7) is 1.33. The van der Waals surface area contributed by atoms with Gasteiger partial charge in [-0.3, -0.25) is 14.5 Å². The molecule has 2 saturated heterocycles. The molecule has 162 valence electrons. The first kappa shape index (κ1) is 20.8. The first-order valence-corrected chi connectivity index (χ1v) is 12.2. The van der Waals surface area contributed by atoms with Gasteiger partial charge in [-0.25, -0.2) is 13.2 Å². The van der Waals surface area contributed by atoms with Gasteiger partial charge in [-0.15, -0.1) is 0 Å². The van der Waals surface area contributed by atoms with Crippen molar-refractivity contribution in [2.45, 2.75) is 56.7 Å². The number of rotatable bonds is 7. The topological polar surface area (TPSA) is 104 Å². The van der Waals surface area contributed by atoms with Crippen molar-refractivity contribution in [1.29, 1.82) is 0 Å². The summed E-state index contributed by atoms with van der Waals surface area (Å²) in [7, 11) is -3.13. The van der Waals surface area contributed by atoms with Crippen LogP contribution in [0.3, 0.4) is 0 Å². The van der Waals surface area contributed by atoms with Gasteiger partial charge in [0, 0.05) is 12.1 Å². The van der Waals surface area contributed by atoms with Crippen LogP contribution >= 0.6 is 0 Å². The maximum absolute atomic E-state index is 13.0. The maximum atomic E-state index is 13.0. The molecule has 4 amide bonds. The molecular weight excluding hydrogens is 406 g/mol. The molecule has 3 aliphatic rings. The number of carbonyl (C=O) groups excluding carboxylic acids is 3. The zero-order valence-electron chi connectivity index (χ0n) is 17.0. The molecule has 0 radical (unpaired) electrons. The summed E-state index contributed by atoms with van der Waals surface area (Å²) in [5, 5.41) is 2.74. The summed E-state index contributed by atoms with van der Waals surface area (Å²) in [5.41, 5.74) is 0.00607. The second-order valence-electron chi connectivity index (χ2n) is 8.73. The largest absolute Gasteiger partial charge is 0.334 e. The smallest absolute Gasteiger partial charge is 0.325 e. The van der Waals surface area contributed by atoms with Crippen molar-refractivity contribution in [2.75, 3.05) is 18.1 Å². The highest BCUT2D eigenvalue weighted by atomic mass is 32.2. The molecule has 1 saturated carbocycles. The highest BCUT2D eigenvalue weighted by Crippen LogP contribution is 2.33. The van der Waals surface area contributed by atoms with Crippen molar-refractivity contribution in [3.05, 3.63) is 35.9 Å². The van der Waals surface area contributed by atoms with Gasteiger partial charge in [0.05, 0.1) is 11.5 Å². The van der Waals surface area contributed by atoms with Crippen LogP contribution < -0.4 is 5.32 Å². The van der Waals surface area contributed by atoms with Crippen LogP contribution in [0.4, 0.5) is 4.79 Å².